The second-order valence-corrected chi connectivity index (χ2v) is 6.24. The molecule has 0 spiro atoms. The third-order valence-electron chi connectivity index (χ3n) is 4.63. The number of carbonyl (C=O) groups is 1. The van der Waals surface area contributed by atoms with Crippen molar-refractivity contribution in [1.29, 1.82) is 0 Å². The minimum absolute atomic E-state index is 0.0668. The number of methoxy groups -OCH3 is 1. The van der Waals surface area contributed by atoms with Crippen molar-refractivity contribution in [1.82, 2.24) is 9.55 Å². The average Bonchev–Trinajstić information content (AvgIpc) is 3.00. The van der Waals surface area contributed by atoms with Gasteiger partial charge in [0.2, 0.25) is 5.88 Å². The third-order valence-corrected chi connectivity index (χ3v) is 4.63. The van der Waals surface area contributed by atoms with Gasteiger partial charge >= 0.3 is 5.97 Å². The van der Waals surface area contributed by atoms with Crippen LogP contribution in [0.4, 0.5) is 0 Å². The molecule has 0 amide bonds. The Morgan fingerprint density at radius 3 is 2.85 bits per heavy atom. The molecule has 0 radical (unpaired) electrons. The second-order valence-electron chi connectivity index (χ2n) is 6.24. The molecule has 2 aliphatic rings. The van der Waals surface area contributed by atoms with Crippen molar-refractivity contribution < 1.29 is 23.7 Å². The molecule has 1 saturated heterocycles. The highest BCUT2D eigenvalue weighted by molar-refractivity contribution is 5.89. The Hall–Kier alpha value is -2.87. The number of aromatic nitrogens is 2. The van der Waals surface area contributed by atoms with Gasteiger partial charge in [0.1, 0.15) is 37.1 Å². The van der Waals surface area contributed by atoms with Gasteiger partial charge in [0.25, 0.3) is 5.56 Å². The standard InChI is InChI=1S/C18H18N2O6/c1-10-16(21)19-9-20-15-7-13(26-17(10)20)14(25-15)8-24-18(22)11-3-5-12(23-2)6-4-11/h3-6,9,13-15H,7-8H2,1-2H3/t13-,14-,15-/m1/s1. The van der Waals surface area contributed by atoms with Crippen molar-refractivity contribution in [2.45, 2.75) is 31.8 Å². The summed E-state index contributed by atoms with van der Waals surface area (Å²) in [6.07, 6.45) is 1.08. The molecule has 2 aromatic rings. The molecule has 26 heavy (non-hydrogen) atoms. The fourth-order valence-corrected chi connectivity index (χ4v) is 3.16. The molecule has 1 aromatic heterocycles. The van der Waals surface area contributed by atoms with Crippen molar-refractivity contribution in [2.75, 3.05) is 13.7 Å². The van der Waals surface area contributed by atoms with Crippen LogP contribution in [0.25, 0.3) is 0 Å². The van der Waals surface area contributed by atoms with E-state index in [1.165, 1.54) is 6.33 Å². The number of ether oxygens (including phenoxy) is 4. The Bertz CT molecular complexity index is 892. The molecule has 4 rings (SSSR count). The first-order valence-corrected chi connectivity index (χ1v) is 8.28. The van der Waals surface area contributed by atoms with Crippen LogP contribution in [-0.4, -0.2) is 41.4 Å². The largest absolute Gasteiger partial charge is 0.497 e. The molecular formula is C18H18N2O6. The van der Waals surface area contributed by atoms with Crippen LogP contribution in [0.3, 0.4) is 0 Å². The SMILES string of the molecule is COc1ccc(C(=O)OC[C@H]2O[C@@H]3C[C@H]2Oc2c(C)c(=O)ncn23)cc1. The van der Waals surface area contributed by atoms with Crippen LogP contribution in [0.15, 0.2) is 35.4 Å². The number of rotatable bonds is 4. The van der Waals surface area contributed by atoms with E-state index in [2.05, 4.69) is 4.98 Å². The lowest BCUT2D eigenvalue weighted by Gasteiger charge is -2.25. The maximum absolute atomic E-state index is 12.2. The lowest BCUT2D eigenvalue weighted by molar-refractivity contribution is -0.0353. The molecule has 8 nitrogen and oxygen atoms in total. The summed E-state index contributed by atoms with van der Waals surface area (Å²) in [5.74, 6) is 0.692. The molecule has 0 N–H and O–H groups in total. The number of hydrogen-bond donors (Lipinski definition) is 0. The molecule has 1 fully saturated rings. The number of benzene rings is 1. The zero-order valence-electron chi connectivity index (χ0n) is 14.4. The Morgan fingerprint density at radius 1 is 1.35 bits per heavy atom. The van der Waals surface area contributed by atoms with Gasteiger partial charge < -0.3 is 18.9 Å². The first-order chi connectivity index (χ1) is 12.6. The highest BCUT2D eigenvalue weighted by atomic mass is 16.6. The summed E-state index contributed by atoms with van der Waals surface area (Å²) in [5, 5.41) is 0. The summed E-state index contributed by atoms with van der Waals surface area (Å²) in [5.41, 5.74) is 0.558. The van der Waals surface area contributed by atoms with Crippen LogP contribution >= 0.6 is 0 Å². The molecule has 8 heteroatoms. The fraction of sp³-hybridized carbons (Fsp3) is 0.389. The summed E-state index contributed by atoms with van der Waals surface area (Å²) < 4.78 is 24.0. The maximum atomic E-state index is 12.2. The zero-order valence-corrected chi connectivity index (χ0v) is 14.4. The van der Waals surface area contributed by atoms with E-state index in [-0.39, 0.29) is 24.5 Å². The highest BCUT2D eigenvalue weighted by Crippen LogP contribution is 2.39. The number of hydrogen-bond acceptors (Lipinski definition) is 7. The van der Waals surface area contributed by atoms with Gasteiger partial charge in [-0.1, -0.05) is 0 Å². The van der Waals surface area contributed by atoms with Crippen LogP contribution < -0.4 is 15.0 Å². The minimum atomic E-state index is -0.442. The van der Waals surface area contributed by atoms with E-state index in [9.17, 15) is 9.59 Å². The topological polar surface area (TPSA) is 88.9 Å². The Balaban J connectivity index is 1.42. The van der Waals surface area contributed by atoms with Gasteiger partial charge in [0.05, 0.1) is 18.2 Å². The van der Waals surface area contributed by atoms with Crippen molar-refractivity contribution in [3.05, 3.63) is 52.1 Å². The van der Waals surface area contributed by atoms with Crippen LogP contribution in [0, 0.1) is 6.92 Å². The summed E-state index contributed by atoms with van der Waals surface area (Å²) >= 11 is 0. The lowest BCUT2D eigenvalue weighted by atomic mass is 10.1. The molecule has 2 aliphatic heterocycles. The van der Waals surface area contributed by atoms with Gasteiger partial charge in [-0.15, -0.1) is 0 Å². The Morgan fingerprint density at radius 2 is 2.12 bits per heavy atom. The van der Waals surface area contributed by atoms with Crippen molar-refractivity contribution in [3.8, 4) is 11.6 Å². The van der Waals surface area contributed by atoms with Crippen molar-refractivity contribution >= 4 is 5.97 Å². The Labute approximate surface area is 149 Å². The molecule has 0 saturated carbocycles. The molecule has 3 heterocycles. The third kappa shape index (κ3) is 2.82. The van der Waals surface area contributed by atoms with E-state index in [0.717, 1.165) is 0 Å². The number of esters is 1. The second kappa shape index (κ2) is 6.45. The van der Waals surface area contributed by atoms with Gasteiger partial charge in [-0.2, -0.15) is 4.98 Å². The minimum Gasteiger partial charge on any atom is -0.497 e. The molecule has 136 valence electrons. The summed E-state index contributed by atoms with van der Waals surface area (Å²) in [7, 11) is 1.56. The van der Waals surface area contributed by atoms with Crippen LogP contribution in [-0.2, 0) is 9.47 Å². The number of fused-ring (bicyclic) bond motifs is 4. The van der Waals surface area contributed by atoms with Crippen molar-refractivity contribution in [3.63, 3.8) is 0 Å². The molecule has 0 aliphatic carbocycles. The quantitative estimate of drug-likeness (QED) is 0.765. The lowest BCUT2D eigenvalue weighted by Crippen LogP contribution is -2.34. The normalized spacial score (nSPS) is 23.1. The van der Waals surface area contributed by atoms with Crippen LogP contribution in [0.5, 0.6) is 11.6 Å². The molecule has 1 aromatic carbocycles. The van der Waals surface area contributed by atoms with E-state index in [0.29, 0.717) is 29.2 Å². The molecular weight excluding hydrogens is 340 g/mol. The molecule has 3 atom stereocenters. The van der Waals surface area contributed by atoms with E-state index in [4.69, 9.17) is 18.9 Å². The maximum Gasteiger partial charge on any atom is 0.338 e. The fourth-order valence-electron chi connectivity index (χ4n) is 3.16. The summed E-state index contributed by atoms with van der Waals surface area (Å²) in [4.78, 5) is 27.7. The van der Waals surface area contributed by atoms with Crippen LogP contribution in [0.1, 0.15) is 28.6 Å². The van der Waals surface area contributed by atoms with E-state index < -0.39 is 12.1 Å². The smallest absolute Gasteiger partial charge is 0.338 e. The monoisotopic (exact) mass is 358 g/mol. The zero-order chi connectivity index (χ0) is 18.3. The van der Waals surface area contributed by atoms with Crippen molar-refractivity contribution in [2.24, 2.45) is 0 Å². The Kier molecular flexibility index (Phi) is 4.12. The predicted octanol–water partition coefficient (Wildman–Crippen LogP) is 1.47. The number of carbonyl (C=O) groups excluding carboxylic acids is 1. The molecule has 0 unspecified atom stereocenters. The first-order valence-electron chi connectivity index (χ1n) is 8.28. The summed E-state index contributed by atoms with van der Waals surface area (Å²) in [6, 6.07) is 6.68. The van der Waals surface area contributed by atoms with E-state index >= 15 is 0 Å². The first kappa shape index (κ1) is 16.6. The average molecular weight is 358 g/mol. The molecule has 2 bridgehead atoms. The summed E-state index contributed by atoms with van der Waals surface area (Å²) in [6.45, 7) is 1.74. The van der Waals surface area contributed by atoms with Gasteiger partial charge in [-0.25, -0.2) is 4.79 Å². The van der Waals surface area contributed by atoms with Gasteiger partial charge in [0.15, 0.2) is 0 Å². The van der Waals surface area contributed by atoms with Gasteiger partial charge in [-0.05, 0) is 31.2 Å². The highest BCUT2D eigenvalue weighted by Gasteiger charge is 2.43. The van der Waals surface area contributed by atoms with Gasteiger partial charge in [-0.3, -0.25) is 9.36 Å². The van der Waals surface area contributed by atoms with Crippen LogP contribution in [0.2, 0.25) is 0 Å². The van der Waals surface area contributed by atoms with E-state index in [1.807, 2.05) is 0 Å². The predicted molar refractivity (Wildman–Crippen MR) is 89.5 cm³/mol. The number of nitrogens with zero attached hydrogens (tertiary/aromatic N) is 2. The van der Waals surface area contributed by atoms with Gasteiger partial charge in [0, 0.05) is 6.42 Å². The van der Waals surface area contributed by atoms with E-state index in [1.54, 1.807) is 42.9 Å².